The molecule has 1 aliphatic heterocycles. The van der Waals surface area contributed by atoms with Gasteiger partial charge in [-0.25, -0.2) is 9.24 Å². The fourth-order valence-electron chi connectivity index (χ4n) is 3.09. The molecule has 0 saturated heterocycles. The zero-order chi connectivity index (χ0) is 18.1. The van der Waals surface area contributed by atoms with Gasteiger partial charge in [0, 0.05) is 0 Å². The minimum absolute atomic E-state index is 0.00764. The molecule has 4 nitrogen and oxygen atoms in total. The third kappa shape index (κ3) is 2.64. The van der Waals surface area contributed by atoms with E-state index in [1.807, 2.05) is 20.8 Å². The fourth-order valence-corrected chi connectivity index (χ4v) is 3.09. The van der Waals surface area contributed by atoms with Crippen LogP contribution in [0.3, 0.4) is 0 Å². The van der Waals surface area contributed by atoms with E-state index in [-0.39, 0.29) is 22.8 Å². The van der Waals surface area contributed by atoms with Gasteiger partial charge >= 0.3 is 0 Å². The maximum absolute atomic E-state index is 13.3. The molecule has 0 aromatic heterocycles. The molecule has 1 aliphatic rings. The van der Waals surface area contributed by atoms with Gasteiger partial charge in [-0.05, 0) is 35.6 Å². The van der Waals surface area contributed by atoms with E-state index in [4.69, 9.17) is 11.3 Å². The minimum atomic E-state index is -1.06. The first-order valence-corrected chi connectivity index (χ1v) is 7.31. The van der Waals surface area contributed by atoms with Gasteiger partial charge in [0.2, 0.25) is 5.70 Å². The van der Waals surface area contributed by atoms with Crippen LogP contribution in [0.15, 0.2) is 46.9 Å². The largest absolute Gasteiger partial charge is 0.489 e. The van der Waals surface area contributed by atoms with Crippen LogP contribution in [0.4, 0.5) is 4.39 Å². The molecule has 0 saturated carbocycles. The lowest BCUT2D eigenvalue weighted by Crippen LogP contribution is -2.31. The van der Waals surface area contributed by atoms with Gasteiger partial charge in [-0.15, -0.1) is 0 Å². The van der Waals surface area contributed by atoms with Crippen LogP contribution in [0.1, 0.15) is 33.3 Å². The molecule has 24 heavy (non-hydrogen) atoms. The number of rotatable bonds is 1. The van der Waals surface area contributed by atoms with Gasteiger partial charge < -0.3 is 4.74 Å². The summed E-state index contributed by atoms with van der Waals surface area (Å²) >= 11 is 0. The van der Waals surface area contributed by atoms with Crippen LogP contribution in [0.25, 0.3) is 4.85 Å². The molecule has 0 N–H and O–H groups in total. The number of allylic oxidation sites excluding steroid dienone is 1. The molecule has 0 bridgehead atoms. The van der Waals surface area contributed by atoms with E-state index in [1.165, 1.54) is 12.1 Å². The number of hydrogen-bond acceptors (Lipinski definition) is 3. The Hall–Kier alpha value is -3.10. The van der Waals surface area contributed by atoms with Crippen LogP contribution in [-0.4, -0.2) is 0 Å². The molecule has 0 radical (unpaired) electrons. The highest BCUT2D eigenvalue weighted by Crippen LogP contribution is 2.53. The van der Waals surface area contributed by atoms with Crippen molar-refractivity contribution in [3.63, 3.8) is 0 Å². The van der Waals surface area contributed by atoms with E-state index >= 15 is 0 Å². The molecule has 1 aromatic rings. The Labute approximate surface area is 140 Å². The summed E-state index contributed by atoms with van der Waals surface area (Å²) in [6.07, 6.45) is 0. The summed E-state index contributed by atoms with van der Waals surface area (Å²) in [7, 11) is 0. The lowest BCUT2D eigenvalue weighted by atomic mass is 9.73. The van der Waals surface area contributed by atoms with Gasteiger partial charge in [0.1, 0.15) is 23.6 Å². The highest BCUT2D eigenvalue weighted by molar-refractivity contribution is 5.57. The Morgan fingerprint density at radius 2 is 1.75 bits per heavy atom. The third-order valence-corrected chi connectivity index (χ3v) is 3.94. The smallest absolute Gasteiger partial charge is 0.234 e. The number of nitrogens with zero attached hydrogens (tertiary/aromatic N) is 3. The Morgan fingerprint density at radius 1 is 1.21 bits per heavy atom. The first-order chi connectivity index (χ1) is 11.2. The first kappa shape index (κ1) is 17.3. The zero-order valence-electron chi connectivity index (χ0n) is 13.9. The van der Waals surface area contributed by atoms with Gasteiger partial charge in [-0.3, -0.25) is 0 Å². The Morgan fingerprint density at radius 3 is 2.17 bits per heavy atom. The predicted molar refractivity (Wildman–Crippen MR) is 86.2 cm³/mol. The number of hydrogen-bond donors (Lipinski definition) is 0. The molecule has 0 spiro atoms. The van der Waals surface area contributed by atoms with Crippen LogP contribution >= 0.6 is 0 Å². The van der Waals surface area contributed by atoms with Crippen LogP contribution in [0.2, 0.25) is 0 Å². The molecule has 5 heteroatoms. The van der Waals surface area contributed by atoms with Crippen molar-refractivity contribution in [3.05, 3.63) is 69.7 Å². The van der Waals surface area contributed by atoms with Crippen molar-refractivity contribution in [2.24, 2.45) is 5.41 Å². The second kappa shape index (κ2) is 5.84. The number of benzene rings is 1. The highest BCUT2D eigenvalue weighted by atomic mass is 19.1. The summed E-state index contributed by atoms with van der Waals surface area (Å²) < 4.78 is 19.3. The maximum Gasteiger partial charge on any atom is 0.234 e. The Bertz CT molecular complexity index is 852. The van der Waals surface area contributed by atoms with E-state index in [0.29, 0.717) is 11.1 Å². The van der Waals surface area contributed by atoms with Crippen molar-refractivity contribution >= 4 is 0 Å². The van der Waals surface area contributed by atoms with Crippen molar-refractivity contribution in [3.8, 4) is 12.1 Å². The van der Waals surface area contributed by atoms with Crippen LogP contribution in [-0.2, 0) is 10.3 Å². The average Bonchev–Trinajstić information content (AvgIpc) is 2.83. The number of nitriles is 2. The van der Waals surface area contributed by atoms with E-state index in [9.17, 15) is 14.9 Å². The SMILES string of the molecule is [C-]#[N+]C1=C(C(C)(C)C)C(C)(c2ccc(F)cc2)OC1=C(C#N)C#N. The lowest BCUT2D eigenvalue weighted by molar-refractivity contribution is 0.0584. The van der Waals surface area contributed by atoms with Crippen molar-refractivity contribution in [1.82, 2.24) is 0 Å². The second-order valence-corrected chi connectivity index (χ2v) is 6.66. The molecule has 1 unspecified atom stereocenters. The van der Waals surface area contributed by atoms with E-state index < -0.39 is 11.0 Å². The van der Waals surface area contributed by atoms with E-state index in [1.54, 1.807) is 31.2 Å². The molecule has 1 heterocycles. The molecule has 120 valence electrons. The fraction of sp³-hybridized carbons (Fsp3) is 0.316. The van der Waals surface area contributed by atoms with Gasteiger partial charge in [-0.1, -0.05) is 32.9 Å². The Balaban J connectivity index is 2.85. The molecule has 0 amide bonds. The summed E-state index contributed by atoms with van der Waals surface area (Å²) in [6.45, 7) is 15.1. The van der Waals surface area contributed by atoms with Gasteiger partial charge in [0.15, 0.2) is 11.3 Å². The zero-order valence-corrected chi connectivity index (χ0v) is 13.9. The standard InChI is InChI=1S/C19H16FN3O/c1-18(2,3)17-15(23-5)16(12(10-21)11-22)24-19(17,4)13-6-8-14(20)9-7-13/h6-9H,1-4H3. The number of ether oxygens (including phenoxy) is 1. The summed E-state index contributed by atoms with van der Waals surface area (Å²) in [6, 6.07) is 9.38. The quantitative estimate of drug-likeness (QED) is 0.561. The maximum atomic E-state index is 13.3. The molecule has 1 atom stereocenters. The van der Waals surface area contributed by atoms with Gasteiger partial charge in [0.05, 0.1) is 6.57 Å². The molecule has 0 aliphatic carbocycles. The normalized spacial score (nSPS) is 20.0. The van der Waals surface area contributed by atoms with Crippen molar-refractivity contribution in [1.29, 1.82) is 10.5 Å². The molecule has 0 fully saturated rings. The lowest BCUT2D eigenvalue weighted by Gasteiger charge is -2.35. The number of halogens is 1. The molecule has 2 rings (SSSR count). The van der Waals surface area contributed by atoms with Crippen LogP contribution < -0.4 is 0 Å². The third-order valence-electron chi connectivity index (χ3n) is 3.94. The second-order valence-electron chi connectivity index (χ2n) is 6.66. The van der Waals surface area contributed by atoms with E-state index in [0.717, 1.165) is 0 Å². The summed E-state index contributed by atoms with van der Waals surface area (Å²) in [5.41, 5.74) is -0.267. The summed E-state index contributed by atoms with van der Waals surface area (Å²) in [5, 5.41) is 18.4. The molecule has 1 aromatic carbocycles. The van der Waals surface area contributed by atoms with Crippen molar-refractivity contribution in [2.75, 3.05) is 0 Å². The van der Waals surface area contributed by atoms with Crippen molar-refractivity contribution < 1.29 is 9.13 Å². The predicted octanol–water partition coefficient (Wildman–Crippen LogP) is 4.59. The highest BCUT2D eigenvalue weighted by Gasteiger charge is 2.49. The average molecular weight is 321 g/mol. The van der Waals surface area contributed by atoms with Gasteiger partial charge in [0.25, 0.3) is 0 Å². The summed E-state index contributed by atoms with van der Waals surface area (Å²) in [5.74, 6) is -0.385. The van der Waals surface area contributed by atoms with E-state index in [2.05, 4.69) is 4.85 Å². The monoisotopic (exact) mass is 321 g/mol. The van der Waals surface area contributed by atoms with Crippen LogP contribution in [0.5, 0.6) is 0 Å². The Kier molecular flexibility index (Phi) is 4.20. The first-order valence-electron chi connectivity index (χ1n) is 7.31. The summed E-state index contributed by atoms with van der Waals surface area (Å²) in [4.78, 5) is 3.54. The van der Waals surface area contributed by atoms with Crippen molar-refractivity contribution in [2.45, 2.75) is 33.3 Å². The topological polar surface area (TPSA) is 61.2 Å². The van der Waals surface area contributed by atoms with Gasteiger partial charge in [-0.2, -0.15) is 10.5 Å². The van der Waals surface area contributed by atoms with Crippen LogP contribution in [0, 0.1) is 40.5 Å². The molecular weight excluding hydrogens is 305 g/mol. The minimum Gasteiger partial charge on any atom is -0.489 e. The molecular formula is C19H16FN3O.